The number of carbonyl (C=O) groups excluding carboxylic acids is 2. The van der Waals surface area contributed by atoms with Gasteiger partial charge in [0.05, 0.1) is 17.0 Å². The summed E-state index contributed by atoms with van der Waals surface area (Å²) in [5.74, 6) is -1.33. The van der Waals surface area contributed by atoms with Crippen LogP contribution in [0.5, 0.6) is 0 Å². The lowest BCUT2D eigenvalue weighted by atomic mass is 10.1. The van der Waals surface area contributed by atoms with Crippen LogP contribution in [0.3, 0.4) is 0 Å². The van der Waals surface area contributed by atoms with Gasteiger partial charge in [0.15, 0.2) is 4.96 Å². The Balaban J connectivity index is 1.55. The summed E-state index contributed by atoms with van der Waals surface area (Å²) in [5, 5.41) is 15.8. The van der Waals surface area contributed by atoms with E-state index in [1.165, 1.54) is 23.5 Å². The van der Waals surface area contributed by atoms with Gasteiger partial charge in [-0.3, -0.25) is 24.1 Å². The first kappa shape index (κ1) is 21.2. The Labute approximate surface area is 186 Å². The lowest BCUT2D eigenvalue weighted by molar-refractivity contribution is -0.384. The highest BCUT2D eigenvalue weighted by Gasteiger charge is 2.27. The molecule has 32 heavy (non-hydrogen) atoms. The van der Waals surface area contributed by atoms with Crippen molar-refractivity contribution in [3.05, 3.63) is 93.2 Å². The number of nitrogens with one attached hydrogen (secondary N) is 1. The van der Waals surface area contributed by atoms with Crippen LogP contribution in [0.15, 0.2) is 66.3 Å². The molecule has 0 unspecified atom stereocenters. The molecule has 0 fully saturated rings. The summed E-state index contributed by atoms with van der Waals surface area (Å²) in [6.07, 6.45) is 2.15. The minimum Gasteiger partial charge on any atom is -0.447 e. The van der Waals surface area contributed by atoms with E-state index < -0.39 is 22.9 Å². The van der Waals surface area contributed by atoms with Gasteiger partial charge in [-0.2, -0.15) is 0 Å². The number of hydrogen-bond donors (Lipinski definition) is 1. The summed E-state index contributed by atoms with van der Waals surface area (Å²) in [7, 11) is 0. The molecule has 0 spiro atoms. The van der Waals surface area contributed by atoms with E-state index in [1.807, 2.05) is 11.6 Å². The highest BCUT2D eigenvalue weighted by Crippen LogP contribution is 2.28. The molecule has 10 heteroatoms. The number of imidazole rings is 1. The molecule has 1 N–H and O–H groups in total. The van der Waals surface area contributed by atoms with Crippen molar-refractivity contribution in [2.24, 2.45) is 0 Å². The number of carbonyl (C=O) groups is 2. The Hall–Kier alpha value is -4.05. The number of benzene rings is 2. The first-order valence-corrected chi connectivity index (χ1v) is 10.5. The number of nitrogens with zero attached hydrogens (tertiary/aromatic N) is 3. The lowest BCUT2D eigenvalue weighted by Gasteiger charge is -2.18. The number of thiazole rings is 1. The number of ether oxygens (including phenoxy) is 1. The van der Waals surface area contributed by atoms with E-state index in [0.29, 0.717) is 16.8 Å². The average molecular weight is 450 g/mol. The molecule has 0 aliphatic rings. The van der Waals surface area contributed by atoms with Gasteiger partial charge in [-0.25, -0.2) is 4.98 Å². The maximum absolute atomic E-state index is 13.0. The third-order valence-electron chi connectivity index (χ3n) is 4.67. The van der Waals surface area contributed by atoms with Gasteiger partial charge in [0, 0.05) is 29.4 Å². The van der Waals surface area contributed by atoms with Crippen molar-refractivity contribution in [1.82, 2.24) is 9.38 Å². The maximum atomic E-state index is 13.0. The highest BCUT2D eigenvalue weighted by molar-refractivity contribution is 7.15. The molecule has 0 aliphatic carbocycles. The number of aromatic nitrogens is 2. The largest absolute Gasteiger partial charge is 0.447 e. The van der Waals surface area contributed by atoms with Crippen molar-refractivity contribution in [2.75, 3.05) is 5.32 Å². The van der Waals surface area contributed by atoms with Gasteiger partial charge in [-0.05, 0) is 18.6 Å². The number of nitro benzene ring substituents is 1. The van der Waals surface area contributed by atoms with Crippen LogP contribution < -0.4 is 5.32 Å². The molecule has 2 aromatic heterocycles. The quantitative estimate of drug-likeness (QED) is 0.258. The van der Waals surface area contributed by atoms with Crippen LogP contribution in [-0.2, 0) is 20.7 Å². The molecule has 0 aliphatic heterocycles. The van der Waals surface area contributed by atoms with Crippen LogP contribution >= 0.6 is 11.3 Å². The number of nitro groups is 1. The Morgan fingerprint density at radius 1 is 1.25 bits per heavy atom. The number of aryl methyl sites for hydroxylation is 1. The highest BCUT2D eigenvalue weighted by atomic mass is 32.1. The smallest absolute Gasteiger partial charge is 0.313 e. The van der Waals surface area contributed by atoms with Crippen molar-refractivity contribution in [3.63, 3.8) is 0 Å². The second-order valence-corrected chi connectivity index (χ2v) is 7.92. The van der Waals surface area contributed by atoms with Crippen LogP contribution in [0.25, 0.3) is 4.96 Å². The molecule has 4 rings (SSSR count). The van der Waals surface area contributed by atoms with Gasteiger partial charge >= 0.3 is 5.97 Å². The van der Waals surface area contributed by atoms with Gasteiger partial charge in [0.1, 0.15) is 5.69 Å². The SMILES string of the molecule is Cc1ccc(NC(=O)[C@@H](OC(=O)Cc2cn3ccsc3n2)c2ccccc2)c([N+](=O)[O-])c1. The number of anilines is 1. The van der Waals surface area contributed by atoms with Gasteiger partial charge in [-0.15, -0.1) is 11.3 Å². The second kappa shape index (κ2) is 8.98. The normalized spacial score (nSPS) is 11.8. The van der Waals surface area contributed by atoms with Crippen LogP contribution in [0.4, 0.5) is 11.4 Å². The average Bonchev–Trinajstić information content (AvgIpc) is 3.35. The minimum atomic E-state index is -1.28. The van der Waals surface area contributed by atoms with Crippen molar-refractivity contribution in [1.29, 1.82) is 0 Å². The van der Waals surface area contributed by atoms with Crippen LogP contribution in [0.1, 0.15) is 22.9 Å². The number of hydrogen-bond acceptors (Lipinski definition) is 7. The molecular weight excluding hydrogens is 432 g/mol. The van der Waals surface area contributed by atoms with Gasteiger partial charge in [-0.1, -0.05) is 36.4 Å². The monoisotopic (exact) mass is 450 g/mol. The Morgan fingerprint density at radius 2 is 2.03 bits per heavy atom. The van der Waals surface area contributed by atoms with E-state index in [0.717, 1.165) is 4.96 Å². The molecule has 4 aromatic rings. The molecule has 0 bridgehead atoms. The Kier molecular flexibility index (Phi) is 5.95. The van der Waals surface area contributed by atoms with Gasteiger partial charge in [0.2, 0.25) is 6.10 Å². The van der Waals surface area contributed by atoms with E-state index in [2.05, 4.69) is 10.3 Å². The van der Waals surface area contributed by atoms with E-state index in [-0.39, 0.29) is 17.8 Å². The van der Waals surface area contributed by atoms with Crippen molar-refractivity contribution in [3.8, 4) is 0 Å². The minimum absolute atomic E-state index is 0.0249. The first-order valence-electron chi connectivity index (χ1n) is 9.62. The second-order valence-electron chi connectivity index (χ2n) is 7.05. The fourth-order valence-corrected chi connectivity index (χ4v) is 3.90. The summed E-state index contributed by atoms with van der Waals surface area (Å²) in [4.78, 5) is 41.6. The number of amides is 1. The maximum Gasteiger partial charge on any atom is 0.313 e. The van der Waals surface area contributed by atoms with Gasteiger partial charge in [0.25, 0.3) is 11.6 Å². The number of esters is 1. The molecular formula is C22H18N4O5S. The zero-order valence-electron chi connectivity index (χ0n) is 16.9. The van der Waals surface area contributed by atoms with Crippen LogP contribution in [-0.4, -0.2) is 26.2 Å². The summed E-state index contributed by atoms with van der Waals surface area (Å²) in [5.41, 5.74) is 1.43. The third kappa shape index (κ3) is 4.65. The van der Waals surface area contributed by atoms with E-state index in [4.69, 9.17) is 4.74 Å². The molecule has 1 atom stereocenters. The lowest BCUT2D eigenvalue weighted by Crippen LogP contribution is -2.26. The van der Waals surface area contributed by atoms with E-state index >= 15 is 0 Å². The fraction of sp³-hybridized carbons (Fsp3) is 0.136. The number of fused-ring (bicyclic) bond motifs is 1. The topological polar surface area (TPSA) is 116 Å². The van der Waals surface area contributed by atoms with Crippen molar-refractivity contribution >= 4 is 39.5 Å². The molecule has 162 valence electrons. The predicted octanol–water partition coefficient (Wildman–Crippen LogP) is 4.08. The zero-order chi connectivity index (χ0) is 22.7. The predicted molar refractivity (Wildman–Crippen MR) is 119 cm³/mol. The van der Waals surface area contributed by atoms with Crippen molar-refractivity contribution in [2.45, 2.75) is 19.4 Å². The zero-order valence-corrected chi connectivity index (χ0v) is 17.7. The molecule has 1 amide bonds. The molecule has 0 saturated carbocycles. The summed E-state index contributed by atoms with van der Waals surface area (Å²) in [6.45, 7) is 1.72. The van der Waals surface area contributed by atoms with Crippen LogP contribution in [0.2, 0.25) is 0 Å². The van der Waals surface area contributed by atoms with Crippen LogP contribution in [0, 0.1) is 17.0 Å². The number of rotatable bonds is 7. The molecule has 0 saturated heterocycles. The summed E-state index contributed by atoms with van der Waals surface area (Å²) < 4.78 is 7.30. The Bertz CT molecular complexity index is 1270. The van der Waals surface area contributed by atoms with Crippen molar-refractivity contribution < 1.29 is 19.2 Å². The standard InChI is InChI=1S/C22H18N4O5S/c1-14-7-8-17(18(11-14)26(29)30)24-21(28)20(15-5-3-2-4-6-15)31-19(27)12-16-13-25-9-10-32-22(25)23-16/h2-11,13,20H,12H2,1H3,(H,24,28)/t20-/m0/s1. The molecule has 9 nitrogen and oxygen atoms in total. The summed E-state index contributed by atoms with van der Waals surface area (Å²) >= 11 is 1.44. The molecule has 0 radical (unpaired) electrons. The Morgan fingerprint density at radius 3 is 2.75 bits per heavy atom. The van der Waals surface area contributed by atoms with E-state index in [1.54, 1.807) is 53.9 Å². The molecule has 2 heterocycles. The van der Waals surface area contributed by atoms with Gasteiger partial charge < -0.3 is 10.1 Å². The third-order valence-corrected chi connectivity index (χ3v) is 5.44. The molecule has 2 aromatic carbocycles. The van der Waals surface area contributed by atoms with E-state index in [9.17, 15) is 19.7 Å². The first-order chi connectivity index (χ1) is 15.4. The fourth-order valence-electron chi connectivity index (χ4n) is 3.18. The summed E-state index contributed by atoms with van der Waals surface area (Å²) in [6, 6.07) is 12.9.